The Balaban J connectivity index is 1.26. The Labute approximate surface area is 203 Å². The minimum atomic E-state index is -0.0208. The second-order valence-corrected chi connectivity index (χ2v) is 9.15. The maximum atomic E-state index is 12.7. The van der Waals surface area contributed by atoms with E-state index >= 15 is 0 Å². The van der Waals surface area contributed by atoms with Gasteiger partial charge in [0.15, 0.2) is 6.61 Å². The Morgan fingerprint density at radius 2 is 1.88 bits per heavy atom. The van der Waals surface area contributed by atoms with Crippen molar-refractivity contribution in [2.45, 2.75) is 19.8 Å². The summed E-state index contributed by atoms with van der Waals surface area (Å²) in [4.78, 5) is 19.3. The van der Waals surface area contributed by atoms with Gasteiger partial charge in [0.2, 0.25) is 0 Å². The number of aryl methyl sites for hydroxylation is 1. The van der Waals surface area contributed by atoms with Crippen LogP contribution in [0.15, 0.2) is 78.2 Å². The number of hydrogen-bond donors (Lipinski definition) is 0. The lowest BCUT2D eigenvalue weighted by Crippen LogP contribution is -2.39. The summed E-state index contributed by atoms with van der Waals surface area (Å²) < 4.78 is 11.5. The molecule has 0 bridgehead atoms. The SMILES string of the molecule is Cc1cccc(OCCCCN2C(=O)COc3ccc(-c4csc(-c5ccccc5)n4)cc32)c1. The van der Waals surface area contributed by atoms with Crippen LogP contribution in [0.1, 0.15) is 18.4 Å². The largest absolute Gasteiger partial charge is 0.494 e. The van der Waals surface area contributed by atoms with Crippen LogP contribution in [0.25, 0.3) is 21.8 Å². The third-order valence-corrected chi connectivity index (χ3v) is 6.65. The number of hydrogen-bond acceptors (Lipinski definition) is 5. The van der Waals surface area contributed by atoms with E-state index in [9.17, 15) is 4.79 Å². The minimum Gasteiger partial charge on any atom is -0.494 e. The van der Waals surface area contributed by atoms with Crippen LogP contribution in [0.4, 0.5) is 5.69 Å². The molecule has 6 heteroatoms. The van der Waals surface area contributed by atoms with E-state index in [0.29, 0.717) is 13.2 Å². The van der Waals surface area contributed by atoms with Crippen molar-refractivity contribution in [1.82, 2.24) is 4.98 Å². The van der Waals surface area contributed by atoms with Crippen molar-refractivity contribution in [3.05, 3.63) is 83.7 Å². The highest BCUT2D eigenvalue weighted by atomic mass is 32.1. The van der Waals surface area contributed by atoms with Gasteiger partial charge in [-0.05, 0) is 55.7 Å². The number of carbonyl (C=O) groups excluding carboxylic acids is 1. The molecule has 0 unspecified atom stereocenters. The van der Waals surface area contributed by atoms with Gasteiger partial charge in [-0.25, -0.2) is 4.98 Å². The lowest BCUT2D eigenvalue weighted by molar-refractivity contribution is -0.121. The number of aromatic nitrogens is 1. The van der Waals surface area contributed by atoms with E-state index in [1.807, 2.05) is 59.5 Å². The number of anilines is 1. The predicted molar refractivity (Wildman–Crippen MR) is 137 cm³/mol. The molecule has 0 N–H and O–H groups in total. The normalized spacial score (nSPS) is 12.9. The summed E-state index contributed by atoms with van der Waals surface area (Å²) in [6, 6.07) is 24.2. The van der Waals surface area contributed by atoms with Crippen molar-refractivity contribution >= 4 is 22.9 Å². The van der Waals surface area contributed by atoms with Gasteiger partial charge in [0.25, 0.3) is 5.91 Å². The Bertz CT molecular complexity index is 1290. The molecule has 172 valence electrons. The van der Waals surface area contributed by atoms with Gasteiger partial charge in [-0.15, -0.1) is 11.3 Å². The molecule has 34 heavy (non-hydrogen) atoms. The first kappa shape index (κ1) is 22.2. The lowest BCUT2D eigenvalue weighted by atomic mass is 10.1. The average Bonchev–Trinajstić information content (AvgIpc) is 3.36. The third kappa shape index (κ3) is 4.97. The quantitative estimate of drug-likeness (QED) is 0.281. The van der Waals surface area contributed by atoms with Crippen molar-refractivity contribution in [3.63, 3.8) is 0 Å². The Morgan fingerprint density at radius 3 is 2.74 bits per heavy atom. The van der Waals surface area contributed by atoms with Crippen LogP contribution in [0.3, 0.4) is 0 Å². The van der Waals surface area contributed by atoms with Gasteiger partial charge in [-0.2, -0.15) is 0 Å². The molecule has 1 aromatic heterocycles. The first-order chi connectivity index (χ1) is 16.7. The van der Waals surface area contributed by atoms with Crippen molar-refractivity contribution in [2.75, 3.05) is 24.7 Å². The monoisotopic (exact) mass is 470 g/mol. The highest BCUT2D eigenvalue weighted by Gasteiger charge is 2.26. The fourth-order valence-corrected chi connectivity index (χ4v) is 4.83. The summed E-state index contributed by atoms with van der Waals surface area (Å²) in [6.07, 6.45) is 1.70. The zero-order valence-corrected chi connectivity index (χ0v) is 19.9. The molecule has 5 nitrogen and oxygen atoms in total. The van der Waals surface area contributed by atoms with Crippen LogP contribution in [0, 0.1) is 6.92 Å². The molecule has 1 aliphatic rings. The van der Waals surface area contributed by atoms with Gasteiger partial charge >= 0.3 is 0 Å². The maximum Gasteiger partial charge on any atom is 0.265 e. The molecule has 0 atom stereocenters. The van der Waals surface area contributed by atoms with Gasteiger partial charge < -0.3 is 14.4 Å². The molecule has 0 fully saturated rings. The van der Waals surface area contributed by atoms with Crippen LogP contribution in [-0.4, -0.2) is 30.6 Å². The molecule has 3 aromatic carbocycles. The summed E-state index contributed by atoms with van der Waals surface area (Å²) in [5.74, 6) is 1.60. The molecule has 0 spiro atoms. The fraction of sp³-hybridized carbons (Fsp3) is 0.214. The molecule has 1 amide bonds. The summed E-state index contributed by atoms with van der Waals surface area (Å²) in [5, 5.41) is 3.04. The Kier molecular flexibility index (Phi) is 6.58. The summed E-state index contributed by atoms with van der Waals surface area (Å²) in [6.45, 7) is 3.37. The Hall–Kier alpha value is -3.64. The highest BCUT2D eigenvalue weighted by molar-refractivity contribution is 7.13. The van der Waals surface area contributed by atoms with Crippen LogP contribution in [-0.2, 0) is 4.79 Å². The summed E-state index contributed by atoms with van der Waals surface area (Å²) in [7, 11) is 0. The third-order valence-electron chi connectivity index (χ3n) is 5.76. The van der Waals surface area contributed by atoms with E-state index in [1.54, 1.807) is 11.3 Å². The van der Waals surface area contributed by atoms with Crippen LogP contribution < -0.4 is 14.4 Å². The smallest absolute Gasteiger partial charge is 0.265 e. The van der Waals surface area contributed by atoms with Crippen LogP contribution in [0.2, 0.25) is 0 Å². The predicted octanol–water partition coefficient (Wildman–Crippen LogP) is 6.37. The zero-order valence-electron chi connectivity index (χ0n) is 19.1. The molecular weight excluding hydrogens is 444 g/mol. The van der Waals surface area contributed by atoms with Crippen LogP contribution in [0.5, 0.6) is 11.5 Å². The molecule has 1 aliphatic heterocycles. The number of carbonyl (C=O) groups is 1. The van der Waals surface area contributed by atoms with E-state index in [4.69, 9.17) is 14.5 Å². The zero-order chi connectivity index (χ0) is 23.3. The minimum absolute atomic E-state index is 0.0208. The average molecular weight is 471 g/mol. The number of nitrogens with zero attached hydrogens (tertiary/aromatic N) is 2. The Morgan fingerprint density at radius 1 is 1.00 bits per heavy atom. The summed E-state index contributed by atoms with van der Waals surface area (Å²) >= 11 is 1.62. The number of thiazole rings is 1. The van der Waals surface area contributed by atoms with Crippen molar-refractivity contribution in [1.29, 1.82) is 0 Å². The number of fused-ring (bicyclic) bond motifs is 1. The molecule has 0 saturated carbocycles. The van der Waals surface area contributed by atoms with Crippen molar-refractivity contribution in [2.24, 2.45) is 0 Å². The van der Waals surface area contributed by atoms with Gasteiger partial charge in [0, 0.05) is 23.1 Å². The van der Waals surface area contributed by atoms with E-state index in [2.05, 4.69) is 30.5 Å². The topological polar surface area (TPSA) is 51.7 Å². The standard InChI is InChI=1S/C28H26N2O3S/c1-20-8-7-11-23(16-20)32-15-6-5-14-30-25-17-22(12-13-26(25)33-18-27(30)31)24-19-34-28(29-24)21-9-3-2-4-10-21/h2-4,7-13,16-17,19H,5-6,14-15,18H2,1H3. The second-order valence-electron chi connectivity index (χ2n) is 8.29. The first-order valence-electron chi connectivity index (χ1n) is 11.5. The number of rotatable bonds is 8. The maximum absolute atomic E-state index is 12.7. The molecular formula is C28H26N2O3S. The number of unbranched alkanes of at least 4 members (excludes halogenated alkanes) is 1. The van der Waals surface area contributed by atoms with E-state index in [-0.39, 0.29) is 12.5 Å². The van der Waals surface area contributed by atoms with Gasteiger partial charge in [0.1, 0.15) is 16.5 Å². The van der Waals surface area contributed by atoms with Crippen LogP contribution >= 0.6 is 11.3 Å². The second kappa shape index (κ2) is 10.1. The van der Waals surface area contributed by atoms with E-state index in [1.165, 1.54) is 5.56 Å². The molecule has 0 aliphatic carbocycles. The van der Waals surface area contributed by atoms with Gasteiger partial charge in [-0.3, -0.25) is 4.79 Å². The molecule has 5 rings (SSSR count). The van der Waals surface area contributed by atoms with Crippen molar-refractivity contribution in [3.8, 4) is 33.3 Å². The molecule has 0 saturated heterocycles. The van der Waals surface area contributed by atoms with E-state index in [0.717, 1.165) is 51.9 Å². The van der Waals surface area contributed by atoms with Gasteiger partial charge in [-0.1, -0.05) is 42.5 Å². The van der Waals surface area contributed by atoms with Crippen molar-refractivity contribution < 1.29 is 14.3 Å². The first-order valence-corrected chi connectivity index (χ1v) is 12.3. The van der Waals surface area contributed by atoms with E-state index < -0.39 is 0 Å². The molecule has 4 aromatic rings. The fourth-order valence-electron chi connectivity index (χ4n) is 3.99. The lowest BCUT2D eigenvalue weighted by Gasteiger charge is -2.29. The number of benzene rings is 3. The highest BCUT2D eigenvalue weighted by Crippen LogP contribution is 2.37. The van der Waals surface area contributed by atoms with Gasteiger partial charge in [0.05, 0.1) is 18.0 Å². The molecule has 0 radical (unpaired) electrons. The summed E-state index contributed by atoms with van der Waals surface area (Å²) in [5.41, 5.74) is 4.96. The number of amides is 1. The number of ether oxygens (including phenoxy) is 2. The molecule has 2 heterocycles.